The first-order chi connectivity index (χ1) is 11.3. The first kappa shape index (κ1) is 16.9. The fourth-order valence-corrected chi connectivity index (χ4v) is 4.39. The van der Waals surface area contributed by atoms with Crippen LogP contribution in [0.5, 0.6) is 0 Å². The van der Waals surface area contributed by atoms with Crippen LogP contribution in [0.3, 0.4) is 0 Å². The Morgan fingerprint density at radius 1 is 1.29 bits per heavy atom. The normalized spacial score (nSPS) is 16.6. The standard InChI is InChI=1S/C14H14ClFN4O3S/c1-18-8-11(7-17-18)20-5-4-19(9-14(20)21)24(22,23)13-3-2-10(16)6-12(13)15/h2-3,6-8H,4-5,9H2,1H3. The van der Waals surface area contributed by atoms with Crippen LogP contribution in [0.25, 0.3) is 0 Å². The van der Waals surface area contributed by atoms with Crippen molar-refractivity contribution in [1.29, 1.82) is 0 Å². The molecule has 24 heavy (non-hydrogen) atoms. The van der Waals surface area contributed by atoms with Crippen molar-refractivity contribution in [1.82, 2.24) is 14.1 Å². The molecule has 1 saturated heterocycles. The highest BCUT2D eigenvalue weighted by Crippen LogP contribution is 2.27. The van der Waals surface area contributed by atoms with Gasteiger partial charge in [0, 0.05) is 26.3 Å². The van der Waals surface area contributed by atoms with E-state index >= 15 is 0 Å². The summed E-state index contributed by atoms with van der Waals surface area (Å²) in [6.45, 7) is -0.00975. The molecule has 0 atom stereocenters. The molecule has 0 unspecified atom stereocenters. The van der Waals surface area contributed by atoms with E-state index in [1.54, 1.807) is 24.1 Å². The number of sulfonamides is 1. The van der Waals surface area contributed by atoms with Gasteiger partial charge in [-0.2, -0.15) is 9.40 Å². The minimum Gasteiger partial charge on any atom is -0.307 e. The molecule has 0 saturated carbocycles. The number of hydrogen-bond acceptors (Lipinski definition) is 4. The summed E-state index contributed by atoms with van der Waals surface area (Å²) >= 11 is 5.84. The molecule has 1 fully saturated rings. The number of aromatic nitrogens is 2. The highest BCUT2D eigenvalue weighted by atomic mass is 35.5. The number of aryl methyl sites for hydroxylation is 1. The minimum atomic E-state index is -3.98. The number of amides is 1. The summed E-state index contributed by atoms with van der Waals surface area (Å²) in [6.07, 6.45) is 3.22. The third-order valence-corrected chi connectivity index (χ3v) is 6.03. The predicted molar refractivity (Wildman–Crippen MR) is 85.7 cm³/mol. The zero-order valence-corrected chi connectivity index (χ0v) is 14.3. The zero-order chi connectivity index (χ0) is 17.5. The van der Waals surface area contributed by atoms with Gasteiger partial charge in [-0.1, -0.05) is 11.6 Å². The van der Waals surface area contributed by atoms with Crippen molar-refractivity contribution in [2.24, 2.45) is 7.05 Å². The van der Waals surface area contributed by atoms with Gasteiger partial charge >= 0.3 is 0 Å². The summed E-state index contributed by atoms with van der Waals surface area (Å²) in [4.78, 5) is 13.6. The van der Waals surface area contributed by atoms with Crippen molar-refractivity contribution < 1.29 is 17.6 Å². The number of anilines is 1. The van der Waals surface area contributed by atoms with Gasteiger partial charge in [-0.05, 0) is 18.2 Å². The molecular formula is C14H14ClFN4O3S. The lowest BCUT2D eigenvalue weighted by Gasteiger charge is -2.32. The van der Waals surface area contributed by atoms with Crippen LogP contribution >= 0.6 is 11.6 Å². The minimum absolute atomic E-state index is 0.108. The van der Waals surface area contributed by atoms with Crippen LogP contribution in [0.15, 0.2) is 35.5 Å². The van der Waals surface area contributed by atoms with Crippen LogP contribution in [-0.4, -0.2) is 48.0 Å². The second kappa shape index (κ2) is 6.15. The van der Waals surface area contributed by atoms with Crippen LogP contribution in [0.1, 0.15) is 0 Å². The molecule has 7 nitrogen and oxygen atoms in total. The Labute approximate surface area is 143 Å². The molecule has 0 spiro atoms. The van der Waals surface area contributed by atoms with Crippen LogP contribution < -0.4 is 4.90 Å². The number of nitrogens with zero attached hydrogens (tertiary/aromatic N) is 4. The quantitative estimate of drug-likeness (QED) is 0.812. The van der Waals surface area contributed by atoms with E-state index < -0.39 is 15.8 Å². The van der Waals surface area contributed by atoms with E-state index in [1.165, 1.54) is 4.90 Å². The molecule has 1 amide bonds. The van der Waals surface area contributed by atoms with Gasteiger partial charge in [0.05, 0.1) is 23.5 Å². The molecule has 1 aromatic carbocycles. The number of carbonyl (C=O) groups excluding carboxylic acids is 1. The van der Waals surface area contributed by atoms with Crippen LogP contribution in [0.2, 0.25) is 5.02 Å². The Morgan fingerprint density at radius 2 is 2.04 bits per heavy atom. The summed E-state index contributed by atoms with van der Waals surface area (Å²) in [7, 11) is -2.25. The number of benzene rings is 1. The van der Waals surface area contributed by atoms with Crippen molar-refractivity contribution >= 4 is 33.2 Å². The van der Waals surface area contributed by atoms with E-state index in [-0.39, 0.29) is 35.5 Å². The highest BCUT2D eigenvalue weighted by molar-refractivity contribution is 7.89. The summed E-state index contributed by atoms with van der Waals surface area (Å²) in [5, 5.41) is 3.79. The smallest absolute Gasteiger partial charge is 0.245 e. The number of halogens is 2. The zero-order valence-electron chi connectivity index (χ0n) is 12.7. The van der Waals surface area contributed by atoms with E-state index in [0.717, 1.165) is 22.5 Å². The Kier molecular flexibility index (Phi) is 4.33. The maximum atomic E-state index is 13.1. The number of rotatable bonds is 3. The van der Waals surface area contributed by atoms with E-state index in [1.807, 2.05) is 0 Å². The second-order valence-electron chi connectivity index (χ2n) is 5.33. The summed E-state index contributed by atoms with van der Waals surface area (Å²) in [5.41, 5.74) is 0.611. The number of hydrogen-bond donors (Lipinski definition) is 0. The van der Waals surface area contributed by atoms with E-state index in [9.17, 15) is 17.6 Å². The molecule has 3 rings (SSSR count). The molecule has 1 aliphatic rings. The van der Waals surface area contributed by atoms with Crippen LogP contribution in [-0.2, 0) is 21.9 Å². The maximum absolute atomic E-state index is 13.1. The lowest BCUT2D eigenvalue weighted by atomic mass is 10.3. The van der Waals surface area contributed by atoms with Crippen molar-refractivity contribution in [3.8, 4) is 0 Å². The second-order valence-corrected chi connectivity index (χ2v) is 7.64. The van der Waals surface area contributed by atoms with Crippen molar-refractivity contribution in [3.63, 3.8) is 0 Å². The van der Waals surface area contributed by atoms with Crippen LogP contribution in [0, 0.1) is 5.82 Å². The fourth-order valence-electron chi connectivity index (χ4n) is 2.50. The lowest BCUT2D eigenvalue weighted by Crippen LogP contribution is -2.52. The molecule has 0 radical (unpaired) electrons. The van der Waals surface area contributed by atoms with Gasteiger partial charge in [-0.3, -0.25) is 9.48 Å². The maximum Gasteiger partial charge on any atom is 0.245 e. The summed E-state index contributed by atoms with van der Waals surface area (Å²) in [6, 6.07) is 3.06. The van der Waals surface area contributed by atoms with Crippen molar-refractivity contribution in [2.75, 3.05) is 24.5 Å². The van der Waals surface area contributed by atoms with Gasteiger partial charge < -0.3 is 4.90 Å². The lowest BCUT2D eigenvalue weighted by molar-refractivity contribution is -0.119. The third-order valence-electron chi connectivity index (χ3n) is 3.70. The van der Waals surface area contributed by atoms with Gasteiger partial charge in [-0.25, -0.2) is 12.8 Å². The van der Waals surface area contributed by atoms with Crippen molar-refractivity contribution in [3.05, 3.63) is 41.4 Å². The molecule has 2 heterocycles. The molecule has 10 heteroatoms. The molecule has 1 aromatic heterocycles. The van der Waals surface area contributed by atoms with E-state index in [0.29, 0.717) is 5.69 Å². The van der Waals surface area contributed by atoms with Crippen molar-refractivity contribution in [2.45, 2.75) is 4.90 Å². The number of carbonyl (C=O) groups is 1. The number of piperazine rings is 1. The van der Waals surface area contributed by atoms with E-state index in [2.05, 4.69) is 5.10 Å². The van der Waals surface area contributed by atoms with E-state index in [4.69, 9.17) is 11.6 Å². The summed E-state index contributed by atoms with van der Waals surface area (Å²) in [5.74, 6) is -0.993. The van der Waals surface area contributed by atoms with Gasteiger partial charge in [0.2, 0.25) is 15.9 Å². The van der Waals surface area contributed by atoms with Gasteiger partial charge in [0.25, 0.3) is 0 Å². The molecule has 2 aromatic rings. The monoisotopic (exact) mass is 372 g/mol. The molecule has 128 valence electrons. The Hall–Kier alpha value is -1.97. The first-order valence-electron chi connectivity index (χ1n) is 7.03. The SMILES string of the molecule is Cn1cc(N2CCN(S(=O)(=O)c3ccc(F)cc3Cl)CC2=O)cn1. The predicted octanol–water partition coefficient (Wildman–Crippen LogP) is 1.25. The highest BCUT2D eigenvalue weighted by Gasteiger charge is 2.34. The molecule has 1 aliphatic heterocycles. The average molecular weight is 373 g/mol. The van der Waals surface area contributed by atoms with Crippen LogP contribution in [0.4, 0.5) is 10.1 Å². The summed E-state index contributed by atoms with van der Waals surface area (Å²) < 4.78 is 41.0. The van der Waals surface area contributed by atoms with Gasteiger partial charge in [0.1, 0.15) is 10.7 Å². The molecular weight excluding hydrogens is 359 g/mol. The molecule has 0 N–H and O–H groups in total. The average Bonchev–Trinajstić information content (AvgIpc) is 2.93. The Bertz CT molecular complexity index is 899. The molecule has 0 aliphatic carbocycles. The first-order valence-corrected chi connectivity index (χ1v) is 8.85. The molecule has 0 bridgehead atoms. The Morgan fingerprint density at radius 3 is 2.62 bits per heavy atom. The topological polar surface area (TPSA) is 75.5 Å². The fraction of sp³-hybridized carbons (Fsp3) is 0.286. The third kappa shape index (κ3) is 3.02. The Balaban J connectivity index is 1.83. The van der Waals surface area contributed by atoms with Gasteiger partial charge in [-0.15, -0.1) is 0 Å². The van der Waals surface area contributed by atoms with Gasteiger partial charge in [0.15, 0.2) is 0 Å². The largest absolute Gasteiger partial charge is 0.307 e.